The highest BCUT2D eigenvalue weighted by Gasteiger charge is 2.04. The molecule has 23 heavy (non-hydrogen) atoms. The van der Waals surface area contributed by atoms with Gasteiger partial charge in [0, 0.05) is 6.54 Å². The van der Waals surface area contributed by atoms with Gasteiger partial charge in [0.05, 0.1) is 17.8 Å². The van der Waals surface area contributed by atoms with Crippen LogP contribution in [0.5, 0.6) is 5.75 Å². The van der Waals surface area contributed by atoms with Crippen LogP contribution in [0.1, 0.15) is 16.9 Å². The van der Waals surface area contributed by atoms with Gasteiger partial charge in [0.2, 0.25) is 0 Å². The lowest BCUT2D eigenvalue weighted by molar-refractivity contribution is 0.306. The summed E-state index contributed by atoms with van der Waals surface area (Å²) < 4.78 is 11.1. The van der Waals surface area contributed by atoms with Crippen molar-refractivity contribution in [2.45, 2.75) is 19.7 Å². The summed E-state index contributed by atoms with van der Waals surface area (Å²) in [6.07, 6.45) is 1.67. The van der Waals surface area contributed by atoms with Crippen molar-refractivity contribution in [3.8, 4) is 5.75 Å². The zero-order valence-electron chi connectivity index (χ0n) is 12.7. The van der Waals surface area contributed by atoms with Crippen LogP contribution >= 0.6 is 11.6 Å². The molecule has 0 aliphatic rings. The van der Waals surface area contributed by atoms with Gasteiger partial charge in [0.15, 0.2) is 0 Å². The number of rotatable bonds is 7. The number of hydrogen-bond acceptors (Lipinski definition) is 3. The van der Waals surface area contributed by atoms with Gasteiger partial charge in [-0.25, -0.2) is 0 Å². The Labute approximate surface area is 140 Å². The first-order valence-corrected chi connectivity index (χ1v) is 7.87. The van der Waals surface area contributed by atoms with Gasteiger partial charge in [-0.2, -0.15) is 0 Å². The van der Waals surface area contributed by atoms with Crippen molar-refractivity contribution < 1.29 is 9.15 Å². The highest BCUT2D eigenvalue weighted by atomic mass is 35.5. The predicted octanol–water partition coefficient (Wildman–Crippen LogP) is 4.80. The van der Waals surface area contributed by atoms with Crippen molar-refractivity contribution in [1.29, 1.82) is 0 Å². The summed E-state index contributed by atoms with van der Waals surface area (Å²) in [5, 5.41) is 3.94. The monoisotopic (exact) mass is 327 g/mol. The molecule has 0 amide bonds. The molecule has 1 heterocycles. The Morgan fingerprint density at radius 3 is 2.52 bits per heavy atom. The first-order chi connectivity index (χ1) is 11.3. The van der Waals surface area contributed by atoms with Crippen LogP contribution in [0.25, 0.3) is 0 Å². The number of ether oxygens (including phenoxy) is 1. The van der Waals surface area contributed by atoms with Crippen LogP contribution in [-0.4, -0.2) is 0 Å². The van der Waals surface area contributed by atoms with Crippen LogP contribution in [0, 0.1) is 0 Å². The summed E-state index contributed by atoms with van der Waals surface area (Å²) in [5.41, 5.74) is 2.22. The second kappa shape index (κ2) is 7.86. The van der Waals surface area contributed by atoms with Gasteiger partial charge in [0.25, 0.3) is 0 Å². The summed E-state index contributed by atoms with van der Waals surface area (Å²) >= 11 is 6.30. The van der Waals surface area contributed by atoms with E-state index in [1.165, 1.54) is 0 Å². The van der Waals surface area contributed by atoms with Gasteiger partial charge in [-0.05, 0) is 35.4 Å². The van der Waals surface area contributed by atoms with Crippen LogP contribution in [-0.2, 0) is 19.7 Å². The van der Waals surface area contributed by atoms with E-state index >= 15 is 0 Å². The fourth-order valence-electron chi connectivity index (χ4n) is 2.25. The van der Waals surface area contributed by atoms with E-state index in [2.05, 4.69) is 5.32 Å². The highest BCUT2D eigenvalue weighted by molar-refractivity contribution is 6.32. The summed E-state index contributed by atoms with van der Waals surface area (Å²) in [7, 11) is 0. The first-order valence-electron chi connectivity index (χ1n) is 7.49. The average molecular weight is 328 g/mol. The van der Waals surface area contributed by atoms with Crippen molar-refractivity contribution in [2.24, 2.45) is 0 Å². The third-order valence-corrected chi connectivity index (χ3v) is 3.74. The second-order valence-corrected chi connectivity index (χ2v) is 5.63. The van der Waals surface area contributed by atoms with Crippen LogP contribution in [0.3, 0.4) is 0 Å². The van der Waals surface area contributed by atoms with Crippen LogP contribution in [0.2, 0.25) is 5.02 Å². The number of halogens is 1. The molecule has 0 fully saturated rings. The van der Waals surface area contributed by atoms with E-state index in [1.807, 2.05) is 60.7 Å². The Balaban J connectivity index is 1.53. The number of benzene rings is 2. The lowest BCUT2D eigenvalue weighted by atomic mass is 10.2. The Bertz CT molecular complexity index is 726. The molecular weight excluding hydrogens is 310 g/mol. The molecule has 0 bridgehead atoms. The minimum atomic E-state index is 0.511. The maximum atomic E-state index is 6.30. The van der Waals surface area contributed by atoms with E-state index in [0.29, 0.717) is 23.9 Å². The molecule has 1 aromatic heterocycles. The number of hydrogen-bond donors (Lipinski definition) is 1. The molecule has 4 heteroatoms. The van der Waals surface area contributed by atoms with E-state index in [4.69, 9.17) is 20.8 Å². The lowest BCUT2D eigenvalue weighted by Crippen LogP contribution is -2.12. The normalized spacial score (nSPS) is 10.7. The molecule has 0 saturated heterocycles. The van der Waals surface area contributed by atoms with E-state index in [1.54, 1.807) is 6.26 Å². The summed E-state index contributed by atoms with van der Waals surface area (Å²) in [4.78, 5) is 0. The summed E-state index contributed by atoms with van der Waals surface area (Å²) in [5.74, 6) is 1.62. The second-order valence-electron chi connectivity index (χ2n) is 5.22. The van der Waals surface area contributed by atoms with Crippen molar-refractivity contribution in [3.63, 3.8) is 0 Å². The van der Waals surface area contributed by atoms with Crippen molar-refractivity contribution >= 4 is 11.6 Å². The topological polar surface area (TPSA) is 34.4 Å². The quantitative estimate of drug-likeness (QED) is 0.676. The van der Waals surface area contributed by atoms with E-state index in [-0.39, 0.29) is 0 Å². The zero-order chi connectivity index (χ0) is 15.9. The SMILES string of the molecule is Clc1cc(CNCc2ccco2)ccc1OCc1ccccc1. The van der Waals surface area contributed by atoms with E-state index in [9.17, 15) is 0 Å². The standard InChI is InChI=1S/C19H18ClNO2/c20-18-11-16(12-21-13-17-7-4-10-22-17)8-9-19(18)23-14-15-5-2-1-3-6-15/h1-11,21H,12-14H2. The molecule has 3 aromatic rings. The molecule has 0 radical (unpaired) electrons. The largest absolute Gasteiger partial charge is 0.487 e. The molecule has 118 valence electrons. The maximum absolute atomic E-state index is 6.30. The first kappa shape index (κ1) is 15.7. The Morgan fingerprint density at radius 2 is 1.78 bits per heavy atom. The van der Waals surface area contributed by atoms with Gasteiger partial charge in [-0.15, -0.1) is 0 Å². The minimum Gasteiger partial charge on any atom is -0.487 e. The summed E-state index contributed by atoms with van der Waals surface area (Å²) in [6.45, 7) is 1.92. The van der Waals surface area contributed by atoms with E-state index < -0.39 is 0 Å². The summed E-state index contributed by atoms with van der Waals surface area (Å²) in [6, 6.07) is 19.7. The molecule has 0 saturated carbocycles. The molecule has 2 aromatic carbocycles. The number of furan rings is 1. The third kappa shape index (κ3) is 4.62. The fourth-order valence-corrected chi connectivity index (χ4v) is 2.51. The Morgan fingerprint density at radius 1 is 0.913 bits per heavy atom. The fraction of sp³-hybridized carbons (Fsp3) is 0.158. The third-order valence-electron chi connectivity index (χ3n) is 3.44. The highest BCUT2D eigenvalue weighted by Crippen LogP contribution is 2.26. The molecule has 1 N–H and O–H groups in total. The molecule has 0 atom stereocenters. The smallest absolute Gasteiger partial charge is 0.138 e. The van der Waals surface area contributed by atoms with Crippen LogP contribution in [0.4, 0.5) is 0 Å². The van der Waals surface area contributed by atoms with Gasteiger partial charge in [-0.1, -0.05) is 48.0 Å². The van der Waals surface area contributed by atoms with Crippen molar-refractivity contribution in [2.75, 3.05) is 0 Å². The number of nitrogens with one attached hydrogen (secondary N) is 1. The average Bonchev–Trinajstić information content (AvgIpc) is 3.08. The van der Waals surface area contributed by atoms with Crippen LogP contribution in [0.15, 0.2) is 71.3 Å². The van der Waals surface area contributed by atoms with Gasteiger partial charge >= 0.3 is 0 Å². The zero-order valence-corrected chi connectivity index (χ0v) is 13.4. The molecule has 0 aliphatic heterocycles. The lowest BCUT2D eigenvalue weighted by Gasteiger charge is -2.10. The maximum Gasteiger partial charge on any atom is 0.138 e. The Kier molecular flexibility index (Phi) is 5.35. The van der Waals surface area contributed by atoms with Gasteiger partial charge in [-0.3, -0.25) is 0 Å². The molecular formula is C19H18ClNO2. The van der Waals surface area contributed by atoms with Crippen molar-refractivity contribution in [1.82, 2.24) is 5.32 Å². The van der Waals surface area contributed by atoms with Gasteiger partial charge < -0.3 is 14.5 Å². The Hall–Kier alpha value is -2.23. The van der Waals surface area contributed by atoms with Gasteiger partial charge in [0.1, 0.15) is 18.1 Å². The van der Waals surface area contributed by atoms with Crippen LogP contribution < -0.4 is 10.1 Å². The predicted molar refractivity (Wildman–Crippen MR) is 91.5 cm³/mol. The molecule has 0 spiro atoms. The molecule has 0 unspecified atom stereocenters. The minimum absolute atomic E-state index is 0.511. The molecule has 3 rings (SSSR count). The van der Waals surface area contributed by atoms with Crippen molar-refractivity contribution in [3.05, 3.63) is 88.8 Å². The van der Waals surface area contributed by atoms with E-state index in [0.717, 1.165) is 23.4 Å². The molecule has 3 nitrogen and oxygen atoms in total. The molecule has 0 aliphatic carbocycles.